The Morgan fingerprint density at radius 3 is 1.45 bits per heavy atom. The van der Waals surface area contributed by atoms with Gasteiger partial charge < -0.3 is 18.9 Å². The second kappa shape index (κ2) is 15.1. The molecule has 0 spiro atoms. The van der Waals surface area contributed by atoms with Crippen LogP contribution < -0.4 is 4.90 Å². The molecule has 0 amide bonds. The highest BCUT2D eigenvalue weighted by Crippen LogP contribution is 2.50. The van der Waals surface area contributed by atoms with E-state index in [-0.39, 0.29) is 0 Å². The summed E-state index contributed by atoms with van der Waals surface area (Å²) in [6.45, 7) is 0. The third kappa shape index (κ3) is 5.88. The number of carbonyl (C=O) groups is 2. The van der Waals surface area contributed by atoms with Gasteiger partial charge in [-0.3, -0.25) is 0 Å². The number of hydrogen-bond donors (Lipinski definition) is 0. The molecule has 1 heterocycles. The van der Waals surface area contributed by atoms with E-state index in [9.17, 15) is 9.59 Å². The zero-order valence-corrected chi connectivity index (χ0v) is 33.0. The summed E-state index contributed by atoms with van der Waals surface area (Å²) in [6.07, 6.45) is 0. The number of anilines is 3. The van der Waals surface area contributed by atoms with Gasteiger partial charge in [0.25, 0.3) is 0 Å². The average Bonchev–Trinajstić information content (AvgIpc) is 3.65. The van der Waals surface area contributed by atoms with Gasteiger partial charge in [0.2, 0.25) is 0 Å². The number of ether oxygens (including phenoxy) is 2. The first-order valence-electron chi connectivity index (χ1n) is 19.8. The van der Waals surface area contributed by atoms with Crippen molar-refractivity contribution in [2.24, 2.45) is 0 Å². The second-order valence-electron chi connectivity index (χ2n) is 14.6. The molecule has 10 aromatic rings. The quantitative estimate of drug-likeness (QED) is 0.114. The lowest BCUT2D eigenvalue weighted by molar-refractivity contribution is 0.0592. The Morgan fingerprint density at radius 2 is 0.867 bits per heavy atom. The predicted molar refractivity (Wildman–Crippen MR) is 244 cm³/mol. The minimum atomic E-state index is -0.430. The van der Waals surface area contributed by atoms with Crippen molar-refractivity contribution in [3.05, 3.63) is 205 Å². The molecule has 1 aromatic heterocycles. The highest BCUT2D eigenvalue weighted by Gasteiger charge is 2.27. The van der Waals surface area contributed by atoms with E-state index in [4.69, 9.17) is 9.47 Å². The SMILES string of the molecule is COC(=O)c1ccccc1-c1c2ccccc2c(-c2ccccc2C(=O)OC)c2c(N(c3ccccc3)c3ccc(-n4c5ccccc5c5ccccc54)cc3)cccc12. The third-order valence-corrected chi connectivity index (χ3v) is 11.4. The summed E-state index contributed by atoms with van der Waals surface area (Å²) in [5.41, 5.74) is 10.3. The maximum atomic E-state index is 13.6. The number of fused-ring (bicyclic) bond motifs is 5. The minimum absolute atomic E-state index is 0.423. The molecular weight excluding hydrogens is 741 g/mol. The Labute approximate surface area is 347 Å². The smallest absolute Gasteiger partial charge is 0.338 e. The molecule has 0 radical (unpaired) electrons. The molecule has 0 fully saturated rings. The summed E-state index contributed by atoms with van der Waals surface area (Å²) in [5.74, 6) is -0.852. The van der Waals surface area contributed by atoms with Crippen molar-refractivity contribution in [3.8, 4) is 27.9 Å². The van der Waals surface area contributed by atoms with Crippen molar-refractivity contribution < 1.29 is 19.1 Å². The lowest BCUT2D eigenvalue weighted by Gasteiger charge is -2.29. The number of rotatable bonds is 8. The molecule has 0 bridgehead atoms. The van der Waals surface area contributed by atoms with Gasteiger partial charge in [-0.05, 0) is 99.6 Å². The van der Waals surface area contributed by atoms with E-state index in [1.807, 2.05) is 72.8 Å². The van der Waals surface area contributed by atoms with Crippen LogP contribution in [0.1, 0.15) is 20.7 Å². The van der Waals surface area contributed by atoms with E-state index in [0.717, 1.165) is 77.6 Å². The van der Waals surface area contributed by atoms with E-state index in [1.165, 1.54) is 25.0 Å². The zero-order valence-electron chi connectivity index (χ0n) is 33.0. The van der Waals surface area contributed by atoms with Crippen LogP contribution in [-0.4, -0.2) is 30.7 Å². The monoisotopic (exact) mass is 778 g/mol. The van der Waals surface area contributed by atoms with Gasteiger partial charge in [-0.2, -0.15) is 0 Å². The molecule has 60 heavy (non-hydrogen) atoms. The molecule has 0 saturated carbocycles. The average molecular weight is 779 g/mol. The molecule has 288 valence electrons. The number of benzene rings is 9. The first-order valence-corrected chi connectivity index (χ1v) is 19.8. The third-order valence-electron chi connectivity index (χ3n) is 11.4. The molecule has 6 heteroatoms. The molecule has 0 aliphatic rings. The topological polar surface area (TPSA) is 60.8 Å². The van der Waals surface area contributed by atoms with Gasteiger partial charge in [0.05, 0.1) is 42.1 Å². The molecule has 0 N–H and O–H groups in total. The fourth-order valence-corrected chi connectivity index (χ4v) is 8.90. The lowest BCUT2D eigenvalue weighted by Crippen LogP contribution is -2.12. The molecule has 0 aliphatic carbocycles. The van der Waals surface area contributed by atoms with Crippen molar-refractivity contribution in [2.75, 3.05) is 19.1 Å². The first-order chi connectivity index (χ1) is 29.6. The van der Waals surface area contributed by atoms with Crippen LogP contribution in [0, 0.1) is 0 Å². The van der Waals surface area contributed by atoms with Gasteiger partial charge in [-0.25, -0.2) is 9.59 Å². The van der Waals surface area contributed by atoms with Crippen LogP contribution in [0.5, 0.6) is 0 Å². The standard InChI is InChI=1S/C54H38N2O4/c1-59-53(57)44-25-10-8-23-42(44)50-40-21-6-7-22-41(40)51(43-24-9-11-26-45(43)54(58)60-2)52-46(50)27-16-30-49(52)55(35-17-4-3-5-18-35)36-31-33-37(34-32-36)56-47-28-14-12-19-38(47)39-20-13-15-29-48(39)56/h3-34H,1-2H3. The van der Waals surface area contributed by atoms with E-state index < -0.39 is 11.9 Å². The molecule has 10 rings (SSSR count). The largest absolute Gasteiger partial charge is 0.465 e. The maximum Gasteiger partial charge on any atom is 0.338 e. The molecule has 9 aromatic carbocycles. The van der Waals surface area contributed by atoms with Crippen LogP contribution in [0.15, 0.2) is 194 Å². The summed E-state index contributed by atoms with van der Waals surface area (Å²) in [7, 11) is 2.82. The van der Waals surface area contributed by atoms with E-state index in [0.29, 0.717) is 11.1 Å². The van der Waals surface area contributed by atoms with Crippen molar-refractivity contribution >= 4 is 72.4 Å². The Morgan fingerprint density at radius 1 is 0.417 bits per heavy atom. The Kier molecular flexibility index (Phi) is 9.15. The number of aromatic nitrogens is 1. The summed E-state index contributed by atoms with van der Waals surface area (Å²) in [5, 5.41) is 6.05. The number of methoxy groups -OCH3 is 2. The molecule has 0 atom stereocenters. The Bertz CT molecular complexity index is 3220. The van der Waals surface area contributed by atoms with Crippen LogP contribution in [-0.2, 0) is 9.47 Å². The second-order valence-corrected chi connectivity index (χ2v) is 14.6. The van der Waals surface area contributed by atoms with Gasteiger partial charge in [-0.15, -0.1) is 0 Å². The molecular formula is C54H38N2O4. The molecule has 0 unspecified atom stereocenters. The summed E-state index contributed by atoms with van der Waals surface area (Å²) in [4.78, 5) is 29.3. The number of esters is 2. The van der Waals surface area contributed by atoms with Crippen molar-refractivity contribution in [3.63, 3.8) is 0 Å². The number of carbonyl (C=O) groups excluding carboxylic acids is 2. The fourth-order valence-electron chi connectivity index (χ4n) is 8.90. The Balaban J connectivity index is 1.30. The van der Waals surface area contributed by atoms with Gasteiger partial charge >= 0.3 is 11.9 Å². The maximum absolute atomic E-state index is 13.6. The minimum Gasteiger partial charge on any atom is -0.465 e. The van der Waals surface area contributed by atoms with E-state index in [2.05, 4.69) is 125 Å². The number of para-hydroxylation sites is 3. The van der Waals surface area contributed by atoms with Crippen LogP contribution in [0.4, 0.5) is 17.1 Å². The van der Waals surface area contributed by atoms with Crippen molar-refractivity contribution in [1.29, 1.82) is 0 Å². The van der Waals surface area contributed by atoms with Gasteiger partial charge in [-0.1, -0.05) is 127 Å². The summed E-state index contributed by atoms with van der Waals surface area (Å²) in [6, 6.07) is 65.7. The Hall–Kier alpha value is -7.96. The molecule has 0 aliphatic heterocycles. The van der Waals surface area contributed by atoms with Gasteiger partial charge in [0.1, 0.15) is 0 Å². The molecule has 6 nitrogen and oxygen atoms in total. The fraction of sp³-hybridized carbons (Fsp3) is 0.0370. The van der Waals surface area contributed by atoms with Crippen LogP contribution in [0.3, 0.4) is 0 Å². The highest BCUT2D eigenvalue weighted by molar-refractivity contribution is 6.27. The van der Waals surface area contributed by atoms with Crippen LogP contribution in [0.2, 0.25) is 0 Å². The van der Waals surface area contributed by atoms with Gasteiger partial charge in [0, 0.05) is 38.8 Å². The van der Waals surface area contributed by atoms with Crippen molar-refractivity contribution in [1.82, 2.24) is 4.57 Å². The van der Waals surface area contributed by atoms with Gasteiger partial charge in [0.15, 0.2) is 0 Å². The zero-order chi connectivity index (χ0) is 40.7. The normalized spacial score (nSPS) is 11.3. The summed E-state index contributed by atoms with van der Waals surface area (Å²) >= 11 is 0. The number of hydrogen-bond acceptors (Lipinski definition) is 5. The first kappa shape index (κ1) is 36.4. The van der Waals surface area contributed by atoms with Crippen LogP contribution >= 0.6 is 0 Å². The lowest BCUT2D eigenvalue weighted by atomic mass is 9.83. The molecule has 0 saturated heterocycles. The van der Waals surface area contributed by atoms with Crippen molar-refractivity contribution in [2.45, 2.75) is 0 Å². The highest BCUT2D eigenvalue weighted by atomic mass is 16.5. The summed E-state index contributed by atoms with van der Waals surface area (Å²) < 4.78 is 13.0. The predicted octanol–water partition coefficient (Wildman–Crippen LogP) is 13.5. The van der Waals surface area contributed by atoms with E-state index in [1.54, 1.807) is 6.07 Å². The number of nitrogens with zero attached hydrogens (tertiary/aromatic N) is 2. The van der Waals surface area contributed by atoms with Crippen LogP contribution in [0.25, 0.3) is 71.3 Å². The van der Waals surface area contributed by atoms with E-state index >= 15 is 0 Å².